The average molecular weight is 345 g/mol. The Kier molecular flexibility index (Phi) is 5.58. The van der Waals surface area contributed by atoms with E-state index in [1.807, 2.05) is 42.2 Å². The summed E-state index contributed by atoms with van der Waals surface area (Å²) in [4.78, 5) is 18.2. The van der Waals surface area contributed by atoms with Gasteiger partial charge in [0.1, 0.15) is 5.76 Å². The zero-order chi connectivity index (χ0) is 16.9. The summed E-state index contributed by atoms with van der Waals surface area (Å²) in [6.07, 6.45) is 0. The highest BCUT2D eigenvalue weighted by Gasteiger charge is 2.23. The Balaban J connectivity index is 1.68. The minimum atomic E-state index is 0.130. The van der Waals surface area contributed by atoms with E-state index in [1.54, 1.807) is 11.8 Å². The molecule has 0 saturated carbocycles. The van der Waals surface area contributed by atoms with Gasteiger partial charge in [-0.25, -0.2) is 0 Å². The Morgan fingerprint density at radius 1 is 1.25 bits per heavy atom. The molecule has 0 unspecified atom stereocenters. The molecule has 2 aromatic rings. The summed E-state index contributed by atoms with van der Waals surface area (Å²) in [5, 5.41) is 4.02. The molecule has 0 radical (unpaired) electrons. The molecule has 2 heterocycles. The second-order valence-electron chi connectivity index (χ2n) is 5.94. The number of aryl methyl sites for hydroxylation is 1. The smallest absolute Gasteiger partial charge is 0.255 e. The first-order chi connectivity index (χ1) is 11.7. The Bertz CT molecular complexity index is 693. The van der Waals surface area contributed by atoms with E-state index in [0.29, 0.717) is 5.75 Å². The molecule has 1 amide bonds. The predicted octanol–water partition coefficient (Wildman–Crippen LogP) is 3.05. The van der Waals surface area contributed by atoms with Crippen molar-refractivity contribution >= 4 is 17.7 Å². The molecule has 0 aliphatic carbocycles. The summed E-state index contributed by atoms with van der Waals surface area (Å²) in [6.45, 7) is 8.60. The largest absolute Gasteiger partial charge is 0.361 e. The maximum absolute atomic E-state index is 12.9. The van der Waals surface area contributed by atoms with Crippen LogP contribution in [0.4, 0.5) is 0 Å². The van der Waals surface area contributed by atoms with Crippen molar-refractivity contribution in [1.29, 1.82) is 0 Å². The molecule has 0 atom stereocenters. The summed E-state index contributed by atoms with van der Waals surface area (Å²) in [5.41, 5.74) is 1.68. The van der Waals surface area contributed by atoms with Gasteiger partial charge >= 0.3 is 0 Å². The molecule has 3 rings (SSSR count). The van der Waals surface area contributed by atoms with Crippen LogP contribution in [0, 0.1) is 6.92 Å². The zero-order valence-corrected chi connectivity index (χ0v) is 15.0. The van der Waals surface area contributed by atoms with Crippen LogP contribution in [0.25, 0.3) is 0 Å². The van der Waals surface area contributed by atoms with Crippen molar-refractivity contribution < 1.29 is 9.32 Å². The van der Waals surface area contributed by atoms with Crippen LogP contribution in [0.2, 0.25) is 0 Å². The summed E-state index contributed by atoms with van der Waals surface area (Å²) >= 11 is 1.63. The van der Waals surface area contributed by atoms with Gasteiger partial charge in [-0.2, -0.15) is 0 Å². The number of thioether (sulfide) groups is 1. The molecule has 0 N–H and O–H groups in total. The molecule has 1 aliphatic heterocycles. The van der Waals surface area contributed by atoms with Crippen LogP contribution in [0.15, 0.2) is 39.8 Å². The van der Waals surface area contributed by atoms with Crippen molar-refractivity contribution in [2.24, 2.45) is 0 Å². The van der Waals surface area contributed by atoms with Gasteiger partial charge in [0.15, 0.2) is 0 Å². The fourth-order valence-electron chi connectivity index (χ4n) is 2.84. The van der Waals surface area contributed by atoms with Crippen LogP contribution in [0.1, 0.15) is 28.7 Å². The number of benzene rings is 1. The van der Waals surface area contributed by atoms with Crippen LogP contribution in [0.5, 0.6) is 0 Å². The molecule has 0 bridgehead atoms. The number of rotatable bonds is 5. The highest BCUT2D eigenvalue weighted by Crippen LogP contribution is 2.27. The van der Waals surface area contributed by atoms with Gasteiger partial charge in [-0.15, -0.1) is 11.8 Å². The summed E-state index contributed by atoms with van der Waals surface area (Å²) in [5.74, 6) is 1.64. The maximum Gasteiger partial charge on any atom is 0.255 e. The molecule has 1 saturated heterocycles. The van der Waals surface area contributed by atoms with Crippen molar-refractivity contribution in [3.63, 3.8) is 0 Å². The van der Waals surface area contributed by atoms with E-state index < -0.39 is 0 Å². The van der Waals surface area contributed by atoms with Crippen LogP contribution in [-0.4, -0.2) is 53.6 Å². The molecule has 1 aromatic carbocycles. The van der Waals surface area contributed by atoms with Gasteiger partial charge in [0.05, 0.1) is 11.3 Å². The number of carbonyl (C=O) groups excluding carboxylic acids is 1. The van der Waals surface area contributed by atoms with E-state index in [2.05, 4.69) is 17.0 Å². The van der Waals surface area contributed by atoms with Crippen molar-refractivity contribution in [2.75, 3.05) is 32.7 Å². The SMILES string of the molecule is CCN1CCN(C(=O)c2ccccc2SCc2cc(C)on2)CC1. The van der Waals surface area contributed by atoms with Crippen LogP contribution < -0.4 is 0 Å². The molecule has 1 fully saturated rings. The van der Waals surface area contributed by atoms with Crippen LogP contribution >= 0.6 is 11.8 Å². The Labute approximate surface area is 147 Å². The van der Waals surface area contributed by atoms with Gasteiger partial charge in [0.25, 0.3) is 5.91 Å². The molecular formula is C18H23N3O2S. The summed E-state index contributed by atoms with van der Waals surface area (Å²) in [6, 6.07) is 9.77. The number of piperazine rings is 1. The maximum atomic E-state index is 12.9. The van der Waals surface area contributed by atoms with Gasteiger partial charge in [0, 0.05) is 42.9 Å². The lowest BCUT2D eigenvalue weighted by Crippen LogP contribution is -2.48. The number of amides is 1. The van der Waals surface area contributed by atoms with Crippen molar-refractivity contribution in [1.82, 2.24) is 15.0 Å². The van der Waals surface area contributed by atoms with Gasteiger partial charge in [-0.1, -0.05) is 24.2 Å². The quantitative estimate of drug-likeness (QED) is 0.780. The first-order valence-corrected chi connectivity index (χ1v) is 9.31. The lowest BCUT2D eigenvalue weighted by Gasteiger charge is -2.34. The third kappa shape index (κ3) is 3.99. The van der Waals surface area contributed by atoms with Crippen LogP contribution in [0.3, 0.4) is 0 Å². The normalized spacial score (nSPS) is 15.7. The minimum Gasteiger partial charge on any atom is -0.361 e. The Hall–Kier alpha value is -1.79. The molecule has 6 heteroatoms. The summed E-state index contributed by atoms with van der Waals surface area (Å²) in [7, 11) is 0. The first kappa shape index (κ1) is 17.0. The third-order valence-corrected chi connectivity index (χ3v) is 5.38. The molecular weight excluding hydrogens is 322 g/mol. The predicted molar refractivity (Wildman–Crippen MR) is 95.3 cm³/mol. The average Bonchev–Trinajstić information content (AvgIpc) is 3.05. The lowest BCUT2D eigenvalue weighted by molar-refractivity contribution is 0.0640. The topological polar surface area (TPSA) is 49.6 Å². The second kappa shape index (κ2) is 7.85. The molecule has 128 valence electrons. The minimum absolute atomic E-state index is 0.130. The Morgan fingerprint density at radius 3 is 2.67 bits per heavy atom. The van der Waals surface area contributed by atoms with Gasteiger partial charge in [-0.3, -0.25) is 4.79 Å². The third-order valence-electron chi connectivity index (χ3n) is 4.28. The number of hydrogen-bond donors (Lipinski definition) is 0. The molecule has 5 nitrogen and oxygen atoms in total. The zero-order valence-electron chi connectivity index (χ0n) is 14.2. The number of nitrogens with zero attached hydrogens (tertiary/aromatic N) is 3. The fraction of sp³-hybridized carbons (Fsp3) is 0.444. The second-order valence-corrected chi connectivity index (χ2v) is 6.96. The Morgan fingerprint density at radius 2 is 2.00 bits per heavy atom. The first-order valence-electron chi connectivity index (χ1n) is 8.33. The fourth-order valence-corrected chi connectivity index (χ4v) is 3.77. The lowest BCUT2D eigenvalue weighted by atomic mass is 10.2. The molecule has 0 spiro atoms. The number of likely N-dealkylation sites (N-methyl/N-ethyl adjacent to an activating group) is 1. The van der Waals surface area contributed by atoms with Crippen molar-refractivity contribution in [3.8, 4) is 0 Å². The van der Waals surface area contributed by atoms with Crippen molar-refractivity contribution in [3.05, 3.63) is 47.3 Å². The van der Waals surface area contributed by atoms with Gasteiger partial charge in [-0.05, 0) is 25.6 Å². The molecule has 24 heavy (non-hydrogen) atoms. The standard InChI is InChI=1S/C18H23N3O2S/c1-3-20-8-10-21(11-9-20)18(22)16-6-4-5-7-17(16)24-13-15-12-14(2)23-19-15/h4-7,12H,3,8-11,13H2,1-2H3. The molecule has 1 aromatic heterocycles. The summed E-state index contributed by atoms with van der Waals surface area (Å²) < 4.78 is 5.10. The number of carbonyl (C=O) groups is 1. The molecule has 1 aliphatic rings. The number of hydrogen-bond acceptors (Lipinski definition) is 5. The highest BCUT2D eigenvalue weighted by atomic mass is 32.2. The van der Waals surface area contributed by atoms with E-state index in [1.165, 1.54) is 0 Å². The van der Waals surface area contributed by atoms with Gasteiger partial charge < -0.3 is 14.3 Å². The van der Waals surface area contributed by atoms with E-state index in [9.17, 15) is 4.79 Å². The van der Waals surface area contributed by atoms with E-state index >= 15 is 0 Å². The number of aromatic nitrogens is 1. The van der Waals surface area contributed by atoms with E-state index in [-0.39, 0.29) is 5.91 Å². The van der Waals surface area contributed by atoms with Crippen molar-refractivity contribution in [2.45, 2.75) is 24.5 Å². The van der Waals surface area contributed by atoms with E-state index in [4.69, 9.17) is 4.52 Å². The van der Waals surface area contributed by atoms with E-state index in [0.717, 1.165) is 54.6 Å². The van der Waals surface area contributed by atoms with Crippen LogP contribution in [-0.2, 0) is 5.75 Å². The van der Waals surface area contributed by atoms with Gasteiger partial charge in [0.2, 0.25) is 0 Å². The highest BCUT2D eigenvalue weighted by molar-refractivity contribution is 7.98. The monoisotopic (exact) mass is 345 g/mol.